The van der Waals surface area contributed by atoms with Crippen LogP contribution >= 0.6 is 0 Å². The molecule has 0 atom stereocenters. The summed E-state index contributed by atoms with van der Waals surface area (Å²) in [6, 6.07) is 24.6. The molecular weight excluding hydrogens is 516 g/mol. The fourth-order valence-corrected chi connectivity index (χ4v) is 4.50. The molecule has 0 aromatic heterocycles. The van der Waals surface area contributed by atoms with Crippen LogP contribution in [0.4, 0.5) is 4.79 Å². The van der Waals surface area contributed by atoms with E-state index in [2.05, 4.69) is 60.9 Å². The van der Waals surface area contributed by atoms with E-state index in [1.165, 1.54) is 11.1 Å². The van der Waals surface area contributed by atoms with Crippen LogP contribution in [0.15, 0.2) is 72.8 Å². The number of fused-ring (bicyclic) bond motifs is 3. The summed E-state index contributed by atoms with van der Waals surface area (Å²) < 4.78 is 5.18. The summed E-state index contributed by atoms with van der Waals surface area (Å²) in [6.07, 6.45) is 4.04. The fraction of sp³-hybridized carbons (Fsp3) is 0.382. The Morgan fingerprint density at radius 1 is 0.829 bits per heavy atom. The second kappa shape index (κ2) is 18.3. The first-order valence-electron chi connectivity index (χ1n) is 14.5. The number of carboxylic acids is 1. The van der Waals surface area contributed by atoms with Crippen molar-refractivity contribution in [2.75, 3.05) is 19.7 Å². The standard InChI is InChI=1S/C17H15NO4.C15H23NO.C2H6/c19-16(20)9-18-17(21)22-10-15-13-7-3-1-5-11(13)12-6-2-4-8-14(12)15;1-3-4-12-16-15(17)7-5-6-14-10-8-13(2)9-11-14;1-2/h1-8,15H,9-10H2,(H,18,21)(H,19,20);8-11H,3-7,12H2,1-2H3,(H,16,17);1-2H3. The molecule has 7 heteroatoms. The SMILES string of the molecule is CC.CCCCNC(=O)CCCc1ccc(C)cc1.O=C(O)CNC(=O)OCC1c2ccccc2-c2ccccc21. The summed E-state index contributed by atoms with van der Waals surface area (Å²) in [7, 11) is 0. The van der Waals surface area contributed by atoms with E-state index in [4.69, 9.17) is 9.84 Å². The molecule has 41 heavy (non-hydrogen) atoms. The Morgan fingerprint density at radius 3 is 1.98 bits per heavy atom. The van der Waals surface area contributed by atoms with Crippen LogP contribution in [0.1, 0.15) is 74.6 Å². The first-order valence-corrected chi connectivity index (χ1v) is 14.5. The molecule has 1 aliphatic carbocycles. The molecule has 7 nitrogen and oxygen atoms in total. The molecule has 0 saturated heterocycles. The van der Waals surface area contributed by atoms with Gasteiger partial charge in [-0.05, 0) is 54.0 Å². The van der Waals surface area contributed by atoms with Gasteiger partial charge in [0.15, 0.2) is 0 Å². The monoisotopic (exact) mass is 560 g/mol. The second-order valence-corrected chi connectivity index (χ2v) is 9.62. The first-order chi connectivity index (χ1) is 19.9. The van der Waals surface area contributed by atoms with Gasteiger partial charge in [0.2, 0.25) is 5.91 Å². The molecule has 0 spiro atoms. The third-order valence-corrected chi connectivity index (χ3v) is 6.57. The number of aliphatic carboxylic acids is 1. The molecule has 0 bridgehead atoms. The summed E-state index contributed by atoms with van der Waals surface area (Å²) in [6.45, 7) is 8.77. The number of amides is 2. The quantitative estimate of drug-likeness (QED) is 0.222. The zero-order valence-electron chi connectivity index (χ0n) is 24.7. The molecule has 3 aromatic rings. The van der Waals surface area contributed by atoms with Gasteiger partial charge in [0.25, 0.3) is 0 Å². The van der Waals surface area contributed by atoms with Gasteiger partial charge in [-0.15, -0.1) is 0 Å². The van der Waals surface area contributed by atoms with Crippen LogP contribution in [0.2, 0.25) is 0 Å². The van der Waals surface area contributed by atoms with Crippen LogP contribution < -0.4 is 10.6 Å². The van der Waals surface area contributed by atoms with Crippen LogP contribution in [-0.2, 0) is 20.7 Å². The molecule has 0 saturated carbocycles. The van der Waals surface area contributed by atoms with Crippen molar-refractivity contribution in [2.24, 2.45) is 0 Å². The van der Waals surface area contributed by atoms with Crippen molar-refractivity contribution in [1.29, 1.82) is 0 Å². The Labute approximate surface area is 244 Å². The largest absolute Gasteiger partial charge is 0.480 e. The highest BCUT2D eigenvalue weighted by atomic mass is 16.5. The van der Waals surface area contributed by atoms with Crippen LogP contribution in [0.3, 0.4) is 0 Å². The van der Waals surface area contributed by atoms with Crippen LogP contribution in [0.25, 0.3) is 11.1 Å². The molecule has 2 amide bonds. The minimum atomic E-state index is -1.10. The molecule has 0 unspecified atom stereocenters. The summed E-state index contributed by atoms with van der Waals surface area (Å²) in [5, 5.41) is 13.7. The van der Waals surface area contributed by atoms with Gasteiger partial charge in [0.05, 0.1) is 0 Å². The summed E-state index contributed by atoms with van der Waals surface area (Å²) >= 11 is 0. The molecule has 0 fully saturated rings. The lowest BCUT2D eigenvalue weighted by Gasteiger charge is -2.14. The van der Waals surface area contributed by atoms with Gasteiger partial charge in [-0.3, -0.25) is 9.59 Å². The van der Waals surface area contributed by atoms with Gasteiger partial charge < -0.3 is 20.5 Å². The van der Waals surface area contributed by atoms with E-state index < -0.39 is 18.6 Å². The number of carboxylic acid groups (broad SMARTS) is 1. The smallest absolute Gasteiger partial charge is 0.407 e. The Kier molecular flexibility index (Phi) is 14.7. The number of carbonyl (C=O) groups is 3. The predicted octanol–water partition coefficient (Wildman–Crippen LogP) is 6.87. The van der Waals surface area contributed by atoms with E-state index in [1.807, 2.05) is 50.2 Å². The molecule has 0 heterocycles. The third-order valence-electron chi connectivity index (χ3n) is 6.57. The van der Waals surface area contributed by atoms with Crippen LogP contribution in [-0.4, -0.2) is 42.8 Å². The lowest BCUT2D eigenvalue weighted by atomic mass is 9.98. The maximum absolute atomic E-state index is 11.5. The minimum absolute atomic E-state index is 0.0250. The maximum Gasteiger partial charge on any atom is 0.407 e. The molecular formula is C34H44N2O5. The van der Waals surface area contributed by atoms with E-state index in [1.54, 1.807) is 0 Å². The zero-order valence-corrected chi connectivity index (χ0v) is 24.7. The number of carbonyl (C=O) groups excluding carboxylic acids is 2. The number of hydrogen-bond donors (Lipinski definition) is 3. The number of rotatable bonds is 11. The number of nitrogens with one attached hydrogen (secondary N) is 2. The van der Waals surface area contributed by atoms with Gasteiger partial charge >= 0.3 is 12.1 Å². The Balaban J connectivity index is 0.000000280. The Morgan fingerprint density at radius 2 is 1.41 bits per heavy atom. The average molecular weight is 561 g/mol. The summed E-state index contributed by atoms with van der Waals surface area (Å²) in [4.78, 5) is 33.4. The van der Waals surface area contributed by atoms with Crippen molar-refractivity contribution < 1.29 is 24.2 Å². The van der Waals surface area contributed by atoms with Crippen molar-refractivity contribution in [3.63, 3.8) is 0 Å². The molecule has 3 aromatic carbocycles. The van der Waals surface area contributed by atoms with Crippen LogP contribution in [0, 0.1) is 6.92 Å². The van der Waals surface area contributed by atoms with E-state index >= 15 is 0 Å². The number of benzene rings is 3. The molecule has 3 N–H and O–H groups in total. The van der Waals surface area contributed by atoms with Gasteiger partial charge in [-0.1, -0.05) is 106 Å². The van der Waals surface area contributed by atoms with Crippen LogP contribution in [0.5, 0.6) is 0 Å². The highest BCUT2D eigenvalue weighted by molar-refractivity contribution is 5.79. The van der Waals surface area contributed by atoms with Crippen molar-refractivity contribution in [1.82, 2.24) is 10.6 Å². The van der Waals surface area contributed by atoms with E-state index in [-0.39, 0.29) is 18.4 Å². The van der Waals surface area contributed by atoms with Gasteiger partial charge in [0, 0.05) is 18.9 Å². The number of hydrogen-bond acceptors (Lipinski definition) is 4. The average Bonchev–Trinajstić information content (AvgIpc) is 3.31. The highest BCUT2D eigenvalue weighted by Crippen LogP contribution is 2.44. The molecule has 4 rings (SSSR count). The normalized spacial score (nSPS) is 11.0. The number of ether oxygens (including phenoxy) is 1. The Hall–Kier alpha value is -4.13. The van der Waals surface area contributed by atoms with Crippen molar-refractivity contribution in [3.8, 4) is 11.1 Å². The van der Waals surface area contributed by atoms with E-state index in [0.29, 0.717) is 6.42 Å². The van der Waals surface area contributed by atoms with Gasteiger partial charge in [0.1, 0.15) is 13.2 Å². The minimum Gasteiger partial charge on any atom is -0.480 e. The van der Waals surface area contributed by atoms with Crippen molar-refractivity contribution in [2.45, 2.75) is 65.7 Å². The Bertz CT molecular complexity index is 1190. The lowest BCUT2D eigenvalue weighted by molar-refractivity contribution is -0.135. The maximum atomic E-state index is 11.5. The summed E-state index contributed by atoms with van der Waals surface area (Å²) in [5.41, 5.74) is 7.14. The molecule has 220 valence electrons. The lowest BCUT2D eigenvalue weighted by Crippen LogP contribution is -2.30. The fourth-order valence-electron chi connectivity index (χ4n) is 4.50. The van der Waals surface area contributed by atoms with Gasteiger partial charge in [-0.2, -0.15) is 0 Å². The van der Waals surface area contributed by atoms with Crippen molar-refractivity contribution in [3.05, 3.63) is 95.1 Å². The second-order valence-electron chi connectivity index (χ2n) is 9.62. The highest BCUT2D eigenvalue weighted by Gasteiger charge is 2.28. The summed E-state index contributed by atoms with van der Waals surface area (Å²) in [5.74, 6) is -0.943. The van der Waals surface area contributed by atoms with E-state index in [9.17, 15) is 14.4 Å². The first kappa shape index (κ1) is 33.1. The topological polar surface area (TPSA) is 105 Å². The molecule has 1 aliphatic rings. The number of unbranched alkanes of at least 4 members (excludes halogenated alkanes) is 1. The molecule has 0 radical (unpaired) electrons. The number of aryl methyl sites for hydroxylation is 2. The third kappa shape index (κ3) is 11.1. The van der Waals surface area contributed by atoms with Crippen molar-refractivity contribution >= 4 is 18.0 Å². The van der Waals surface area contributed by atoms with E-state index in [0.717, 1.165) is 54.5 Å². The van der Waals surface area contributed by atoms with Gasteiger partial charge in [-0.25, -0.2) is 4.79 Å². The molecule has 0 aliphatic heterocycles. The predicted molar refractivity (Wildman–Crippen MR) is 164 cm³/mol. The zero-order chi connectivity index (χ0) is 30.0. The number of alkyl carbamates (subject to hydrolysis) is 1.